The van der Waals surface area contributed by atoms with Crippen molar-refractivity contribution in [3.63, 3.8) is 0 Å². The molecule has 0 bridgehead atoms. The molecule has 2 aliphatic rings. The van der Waals surface area contributed by atoms with Gasteiger partial charge in [0.15, 0.2) is 5.17 Å². The second-order valence-electron chi connectivity index (χ2n) is 5.79. The van der Waals surface area contributed by atoms with Gasteiger partial charge in [-0.3, -0.25) is 4.79 Å². The summed E-state index contributed by atoms with van der Waals surface area (Å²) < 4.78 is 0. The topological polar surface area (TPSA) is 57.1 Å². The van der Waals surface area contributed by atoms with Crippen LogP contribution in [0.2, 0.25) is 10.0 Å². The van der Waals surface area contributed by atoms with Crippen LogP contribution in [0, 0.1) is 0 Å². The maximum Gasteiger partial charge on any atom is 0.234 e. The molecule has 26 heavy (non-hydrogen) atoms. The van der Waals surface area contributed by atoms with E-state index in [-0.39, 0.29) is 17.7 Å². The monoisotopic (exact) mass is 404 g/mol. The number of para-hydroxylation sites is 1. The number of anilines is 1. The molecule has 2 aliphatic heterocycles. The van der Waals surface area contributed by atoms with E-state index in [9.17, 15) is 4.79 Å². The van der Waals surface area contributed by atoms with Crippen molar-refractivity contribution in [2.75, 3.05) is 11.1 Å². The van der Waals surface area contributed by atoms with Gasteiger partial charge >= 0.3 is 0 Å². The second-order valence-corrected chi connectivity index (χ2v) is 7.51. The number of nitrogens with zero attached hydrogens (tertiary/aromatic N) is 3. The Bertz CT molecular complexity index is 931. The first-order chi connectivity index (χ1) is 12.6. The fraction of sp³-hybridized carbons (Fsp3) is 0.167. The van der Waals surface area contributed by atoms with Crippen LogP contribution >= 0.6 is 35.0 Å². The van der Waals surface area contributed by atoms with Crippen molar-refractivity contribution >= 4 is 63.6 Å². The third-order valence-electron chi connectivity index (χ3n) is 4.10. The largest absolute Gasteiger partial charge is 0.324 e. The Morgan fingerprint density at radius 3 is 2.96 bits per heavy atom. The summed E-state index contributed by atoms with van der Waals surface area (Å²) >= 11 is 13.4. The van der Waals surface area contributed by atoms with Crippen LogP contribution in [-0.4, -0.2) is 28.1 Å². The number of halogens is 2. The molecule has 0 aromatic heterocycles. The van der Waals surface area contributed by atoms with Crippen LogP contribution < -0.4 is 5.32 Å². The van der Waals surface area contributed by atoms with Crippen LogP contribution in [-0.2, 0) is 4.79 Å². The number of benzene rings is 2. The normalized spacial score (nSPS) is 17.5. The van der Waals surface area contributed by atoms with Crippen molar-refractivity contribution in [3.8, 4) is 0 Å². The number of aliphatic imine (C=N–C) groups is 1. The van der Waals surface area contributed by atoms with Crippen molar-refractivity contribution in [1.82, 2.24) is 5.01 Å². The van der Waals surface area contributed by atoms with E-state index in [2.05, 4.69) is 21.5 Å². The number of carbonyl (C=O) groups is 1. The highest BCUT2D eigenvalue weighted by Gasteiger charge is 2.32. The van der Waals surface area contributed by atoms with Crippen LogP contribution in [0.5, 0.6) is 0 Å². The molecular weight excluding hydrogens is 391 g/mol. The molecule has 0 spiro atoms. The molecule has 2 heterocycles. The Balaban J connectivity index is 1.47. The Labute approximate surface area is 165 Å². The molecule has 5 nitrogen and oxygen atoms in total. The van der Waals surface area contributed by atoms with E-state index in [1.54, 1.807) is 18.2 Å². The average molecular weight is 405 g/mol. The van der Waals surface area contributed by atoms with Crippen LogP contribution in [0.4, 0.5) is 11.4 Å². The summed E-state index contributed by atoms with van der Waals surface area (Å²) in [6, 6.07) is 13.3. The lowest BCUT2D eigenvalue weighted by Gasteiger charge is -2.29. The van der Waals surface area contributed by atoms with Gasteiger partial charge in [0.05, 0.1) is 33.2 Å². The Kier molecular flexibility index (Phi) is 4.89. The Hall–Kier alpha value is -2.02. The minimum absolute atomic E-state index is 0.150. The smallest absolute Gasteiger partial charge is 0.234 e. The summed E-state index contributed by atoms with van der Waals surface area (Å²) in [5.41, 5.74) is 2.59. The first-order valence-corrected chi connectivity index (χ1v) is 9.73. The van der Waals surface area contributed by atoms with Gasteiger partial charge in [0.25, 0.3) is 0 Å². The van der Waals surface area contributed by atoms with Gasteiger partial charge in [-0.05, 0) is 18.2 Å². The number of nitrogens with one attached hydrogen (secondary N) is 1. The fourth-order valence-electron chi connectivity index (χ4n) is 2.90. The summed E-state index contributed by atoms with van der Waals surface area (Å²) in [6.07, 6.45) is 2.72. The van der Waals surface area contributed by atoms with Crippen molar-refractivity contribution in [2.45, 2.75) is 12.5 Å². The highest BCUT2D eigenvalue weighted by molar-refractivity contribution is 8.14. The SMILES string of the molecule is O=C(CSC1=Nc2ccccc2[C@@H]2CC=NN12)Nc1cccc(Cl)c1Cl. The summed E-state index contributed by atoms with van der Waals surface area (Å²) in [7, 11) is 0. The molecule has 0 fully saturated rings. The lowest BCUT2D eigenvalue weighted by atomic mass is 10.0. The standard InChI is InChI=1S/C18H14Cl2N4OS/c19-12-5-3-7-14(17(12)20)22-16(25)10-26-18-23-13-6-2-1-4-11(13)15-8-9-21-24(15)18/h1-7,9,15H,8,10H2,(H,22,25)/t15-/m0/s1. The predicted octanol–water partition coefficient (Wildman–Crippen LogP) is 5.10. The molecule has 1 amide bonds. The first kappa shape index (κ1) is 17.4. The number of carbonyl (C=O) groups excluding carboxylic acids is 1. The number of amides is 1. The molecule has 2 aromatic carbocycles. The third-order valence-corrected chi connectivity index (χ3v) is 5.86. The number of hydrogen-bond acceptors (Lipinski definition) is 5. The molecule has 2 aromatic rings. The molecule has 132 valence electrons. The number of hydrogen-bond donors (Lipinski definition) is 1. The molecule has 1 atom stereocenters. The Morgan fingerprint density at radius 2 is 2.08 bits per heavy atom. The van der Waals surface area contributed by atoms with Crippen molar-refractivity contribution < 1.29 is 4.79 Å². The third kappa shape index (κ3) is 3.32. The predicted molar refractivity (Wildman–Crippen MR) is 109 cm³/mol. The van der Waals surface area contributed by atoms with Crippen molar-refractivity contribution in [2.24, 2.45) is 10.1 Å². The highest BCUT2D eigenvalue weighted by atomic mass is 35.5. The molecule has 0 saturated heterocycles. The summed E-state index contributed by atoms with van der Waals surface area (Å²) in [6.45, 7) is 0. The molecule has 8 heteroatoms. The van der Waals surface area contributed by atoms with Crippen LogP contribution in [0.1, 0.15) is 18.0 Å². The van der Waals surface area contributed by atoms with Crippen molar-refractivity contribution in [3.05, 3.63) is 58.1 Å². The fourth-order valence-corrected chi connectivity index (χ4v) is 4.05. The number of rotatable bonds is 3. The number of thioether (sulfide) groups is 1. The minimum atomic E-state index is -0.180. The van der Waals surface area contributed by atoms with E-state index in [1.807, 2.05) is 29.4 Å². The van der Waals surface area contributed by atoms with E-state index in [0.29, 0.717) is 15.7 Å². The molecule has 0 unspecified atom stereocenters. The second kappa shape index (κ2) is 7.31. The zero-order valence-electron chi connectivity index (χ0n) is 13.5. The maximum atomic E-state index is 12.3. The van der Waals surface area contributed by atoms with E-state index < -0.39 is 0 Å². The van der Waals surface area contributed by atoms with Gasteiger partial charge in [0.2, 0.25) is 5.91 Å². The van der Waals surface area contributed by atoms with Crippen LogP contribution in [0.25, 0.3) is 0 Å². The lowest BCUT2D eigenvalue weighted by molar-refractivity contribution is -0.113. The average Bonchev–Trinajstić information content (AvgIpc) is 3.14. The summed E-state index contributed by atoms with van der Waals surface area (Å²) in [5, 5.41) is 10.5. The van der Waals surface area contributed by atoms with E-state index in [1.165, 1.54) is 11.8 Å². The van der Waals surface area contributed by atoms with Crippen molar-refractivity contribution in [1.29, 1.82) is 0 Å². The molecular formula is C18H14Cl2N4OS. The zero-order chi connectivity index (χ0) is 18.1. The van der Waals surface area contributed by atoms with Crippen LogP contribution in [0.15, 0.2) is 52.6 Å². The van der Waals surface area contributed by atoms with Gasteiger partial charge in [-0.2, -0.15) is 5.10 Å². The quantitative estimate of drug-likeness (QED) is 0.773. The first-order valence-electron chi connectivity index (χ1n) is 7.99. The number of fused-ring (bicyclic) bond motifs is 3. The molecule has 4 rings (SSSR count). The lowest BCUT2D eigenvalue weighted by Crippen LogP contribution is -2.29. The van der Waals surface area contributed by atoms with Gasteiger partial charge in [-0.25, -0.2) is 10.0 Å². The van der Waals surface area contributed by atoms with E-state index >= 15 is 0 Å². The van der Waals surface area contributed by atoms with E-state index in [4.69, 9.17) is 23.2 Å². The van der Waals surface area contributed by atoms with Gasteiger partial charge in [0.1, 0.15) is 0 Å². The zero-order valence-corrected chi connectivity index (χ0v) is 15.9. The minimum Gasteiger partial charge on any atom is -0.324 e. The molecule has 0 saturated carbocycles. The van der Waals surface area contributed by atoms with Gasteiger partial charge in [-0.15, -0.1) is 0 Å². The Morgan fingerprint density at radius 1 is 1.23 bits per heavy atom. The molecule has 0 radical (unpaired) electrons. The molecule has 1 N–H and O–H groups in total. The number of hydrazone groups is 1. The summed E-state index contributed by atoms with van der Waals surface area (Å²) in [5.74, 6) is 0.0169. The number of amidine groups is 1. The molecule has 0 aliphatic carbocycles. The summed E-state index contributed by atoms with van der Waals surface area (Å²) in [4.78, 5) is 17.0. The highest BCUT2D eigenvalue weighted by Crippen LogP contribution is 2.40. The van der Waals surface area contributed by atoms with E-state index in [0.717, 1.165) is 22.8 Å². The van der Waals surface area contributed by atoms with Crippen LogP contribution in [0.3, 0.4) is 0 Å². The van der Waals surface area contributed by atoms with Gasteiger partial charge in [-0.1, -0.05) is 59.2 Å². The van der Waals surface area contributed by atoms with Gasteiger partial charge < -0.3 is 5.32 Å². The van der Waals surface area contributed by atoms with Gasteiger partial charge in [0, 0.05) is 18.2 Å². The maximum absolute atomic E-state index is 12.3.